The molecular weight excluding hydrogens is 312 g/mol. The number of unbranched alkanes of at least 4 members (excludes halogenated alkanes) is 6. The lowest BCUT2D eigenvalue weighted by atomic mass is 10.1. The topological polar surface area (TPSA) is 55.0 Å². The Balaban J connectivity index is 2.00. The van der Waals surface area contributed by atoms with Crippen molar-refractivity contribution >= 4 is 5.97 Å². The van der Waals surface area contributed by atoms with Crippen LogP contribution in [0.3, 0.4) is 0 Å². The lowest BCUT2D eigenvalue weighted by Crippen LogP contribution is -2.03. The molecule has 1 N–H and O–H groups in total. The fourth-order valence-corrected chi connectivity index (χ4v) is 2.96. The second-order valence-corrected chi connectivity index (χ2v) is 6.64. The minimum Gasteiger partial charge on any atom is -0.464 e. The van der Waals surface area contributed by atoms with Gasteiger partial charge in [-0.1, -0.05) is 75.3 Å². The largest absolute Gasteiger partial charge is 0.464 e. The molecule has 0 fully saturated rings. The summed E-state index contributed by atoms with van der Waals surface area (Å²) in [6, 6.07) is 8.08. The highest BCUT2D eigenvalue weighted by Crippen LogP contribution is 2.23. The quantitative estimate of drug-likeness (QED) is 0.460. The number of carbonyl (C=O) groups is 1. The number of ether oxygens (including phenoxy) is 1. The molecule has 0 atom stereocenters. The second kappa shape index (κ2) is 10.0. The maximum atomic E-state index is 12.1. The van der Waals surface area contributed by atoms with Gasteiger partial charge < -0.3 is 9.72 Å². The number of nitrogens with one attached hydrogen (secondary N) is 1. The van der Waals surface area contributed by atoms with Crippen molar-refractivity contribution in [2.75, 3.05) is 7.11 Å². The van der Waals surface area contributed by atoms with E-state index < -0.39 is 5.97 Å². The molecule has 2 aromatic rings. The Morgan fingerprint density at radius 3 is 2.32 bits per heavy atom. The van der Waals surface area contributed by atoms with Gasteiger partial charge in [-0.3, -0.25) is 0 Å². The maximum Gasteiger partial charge on any atom is 0.358 e. The smallest absolute Gasteiger partial charge is 0.358 e. The number of benzene rings is 1. The van der Waals surface area contributed by atoms with Crippen LogP contribution in [0.2, 0.25) is 0 Å². The van der Waals surface area contributed by atoms with Crippen molar-refractivity contribution in [1.29, 1.82) is 0 Å². The van der Waals surface area contributed by atoms with E-state index in [2.05, 4.69) is 16.9 Å². The summed E-state index contributed by atoms with van der Waals surface area (Å²) >= 11 is 0. The Kier molecular flexibility index (Phi) is 7.71. The Hall–Kier alpha value is -2.10. The van der Waals surface area contributed by atoms with Gasteiger partial charge in [0.25, 0.3) is 0 Å². The molecule has 0 aliphatic carbocycles. The zero-order valence-corrected chi connectivity index (χ0v) is 15.7. The molecule has 0 amide bonds. The van der Waals surface area contributed by atoms with E-state index in [1.165, 1.54) is 51.2 Å². The average Bonchev–Trinajstić information content (AvgIpc) is 3.05. The number of aryl methyl sites for hydroxylation is 2. The number of carbonyl (C=O) groups excluding carboxylic acids is 1. The molecule has 2 rings (SSSR count). The molecule has 136 valence electrons. The Morgan fingerprint density at radius 1 is 1.04 bits per heavy atom. The van der Waals surface area contributed by atoms with Crippen LogP contribution in [0.15, 0.2) is 24.3 Å². The number of methoxy groups -OCH3 is 1. The molecule has 1 heterocycles. The molecule has 0 bridgehead atoms. The minimum absolute atomic E-state index is 0.379. The fourth-order valence-electron chi connectivity index (χ4n) is 2.96. The molecule has 0 aliphatic rings. The summed E-state index contributed by atoms with van der Waals surface area (Å²) in [5, 5.41) is 0. The summed E-state index contributed by atoms with van der Waals surface area (Å²) in [6.07, 6.45) is 9.70. The second-order valence-electron chi connectivity index (χ2n) is 6.64. The average molecular weight is 342 g/mol. The van der Waals surface area contributed by atoms with Crippen molar-refractivity contribution in [3.05, 3.63) is 41.3 Å². The highest BCUT2D eigenvalue weighted by Gasteiger charge is 2.19. The van der Waals surface area contributed by atoms with Crippen LogP contribution in [0.5, 0.6) is 0 Å². The normalized spacial score (nSPS) is 10.8. The minimum atomic E-state index is -0.391. The van der Waals surface area contributed by atoms with E-state index in [0.717, 1.165) is 29.9 Å². The van der Waals surface area contributed by atoms with Crippen LogP contribution in [0.1, 0.15) is 73.7 Å². The third-order valence-corrected chi connectivity index (χ3v) is 4.49. The highest BCUT2D eigenvalue weighted by molar-refractivity contribution is 5.94. The number of aromatic amines is 1. The summed E-state index contributed by atoms with van der Waals surface area (Å²) in [7, 11) is 1.39. The van der Waals surface area contributed by atoms with Crippen LogP contribution in [0, 0.1) is 6.92 Å². The number of H-pyrrole nitrogens is 1. The van der Waals surface area contributed by atoms with Crippen LogP contribution < -0.4 is 0 Å². The van der Waals surface area contributed by atoms with Gasteiger partial charge in [0.05, 0.1) is 12.8 Å². The van der Waals surface area contributed by atoms with E-state index in [1.807, 2.05) is 31.2 Å². The van der Waals surface area contributed by atoms with Crippen LogP contribution in [-0.4, -0.2) is 23.0 Å². The van der Waals surface area contributed by atoms with Gasteiger partial charge in [-0.05, 0) is 13.3 Å². The van der Waals surface area contributed by atoms with Crippen LogP contribution >= 0.6 is 0 Å². The highest BCUT2D eigenvalue weighted by atomic mass is 16.5. The van der Waals surface area contributed by atoms with Gasteiger partial charge in [-0.25, -0.2) is 9.78 Å². The third-order valence-electron chi connectivity index (χ3n) is 4.49. The van der Waals surface area contributed by atoms with Gasteiger partial charge in [-0.2, -0.15) is 0 Å². The molecule has 0 spiro atoms. The van der Waals surface area contributed by atoms with E-state index in [0.29, 0.717) is 5.69 Å². The third kappa shape index (κ3) is 5.73. The Bertz CT molecular complexity index is 659. The molecule has 0 radical (unpaired) electrons. The van der Waals surface area contributed by atoms with Gasteiger partial charge in [0.1, 0.15) is 5.82 Å². The van der Waals surface area contributed by atoms with E-state index in [1.54, 1.807) is 0 Å². The molecule has 4 nitrogen and oxygen atoms in total. The van der Waals surface area contributed by atoms with Gasteiger partial charge in [-0.15, -0.1) is 0 Å². The van der Waals surface area contributed by atoms with E-state index >= 15 is 0 Å². The first-order valence-corrected chi connectivity index (χ1v) is 9.40. The first-order valence-electron chi connectivity index (χ1n) is 9.40. The summed E-state index contributed by atoms with van der Waals surface area (Å²) in [4.78, 5) is 19.9. The SMILES string of the molecule is CCCCCCCCCc1nc(C(=O)OC)c(-c2ccc(C)cc2)[nH]1. The van der Waals surface area contributed by atoms with Gasteiger partial charge in [0.15, 0.2) is 5.69 Å². The molecule has 0 aliphatic heterocycles. The van der Waals surface area contributed by atoms with Crippen molar-refractivity contribution in [2.24, 2.45) is 0 Å². The van der Waals surface area contributed by atoms with E-state index in [4.69, 9.17) is 4.74 Å². The van der Waals surface area contributed by atoms with Gasteiger partial charge >= 0.3 is 5.97 Å². The van der Waals surface area contributed by atoms with Crippen molar-refractivity contribution in [1.82, 2.24) is 9.97 Å². The molecule has 0 saturated heterocycles. The number of rotatable bonds is 10. The van der Waals surface area contributed by atoms with Gasteiger partial charge in [0.2, 0.25) is 0 Å². The fraction of sp³-hybridized carbons (Fsp3) is 0.524. The van der Waals surface area contributed by atoms with E-state index in [-0.39, 0.29) is 0 Å². The monoisotopic (exact) mass is 342 g/mol. The first-order chi connectivity index (χ1) is 12.2. The zero-order chi connectivity index (χ0) is 18.1. The van der Waals surface area contributed by atoms with Crippen molar-refractivity contribution < 1.29 is 9.53 Å². The van der Waals surface area contributed by atoms with E-state index in [9.17, 15) is 4.79 Å². The number of nitrogens with zero attached hydrogens (tertiary/aromatic N) is 1. The number of hydrogen-bond acceptors (Lipinski definition) is 3. The number of hydrogen-bond donors (Lipinski definition) is 1. The molecule has 0 saturated carbocycles. The summed E-state index contributed by atoms with van der Waals surface area (Å²) < 4.78 is 4.89. The predicted octanol–water partition coefficient (Wildman–Crippen LogP) is 5.46. The maximum absolute atomic E-state index is 12.1. The molecular formula is C21H30N2O2. The molecule has 4 heteroatoms. The lowest BCUT2D eigenvalue weighted by Gasteiger charge is -2.02. The Morgan fingerprint density at radius 2 is 1.68 bits per heavy atom. The van der Waals surface area contributed by atoms with Crippen molar-refractivity contribution in [2.45, 2.75) is 65.2 Å². The predicted molar refractivity (Wildman–Crippen MR) is 102 cm³/mol. The standard InChI is InChI=1S/C21H30N2O2/c1-4-5-6-7-8-9-10-11-18-22-19(20(23-18)21(24)25-3)17-14-12-16(2)13-15-17/h12-15H,4-11H2,1-3H3,(H,22,23). The van der Waals surface area contributed by atoms with Crippen LogP contribution in [0.4, 0.5) is 0 Å². The lowest BCUT2D eigenvalue weighted by molar-refractivity contribution is 0.0595. The molecule has 1 aromatic heterocycles. The Labute approximate surface area is 151 Å². The summed E-state index contributed by atoms with van der Waals surface area (Å²) in [5.41, 5.74) is 3.28. The molecule has 0 unspecified atom stereocenters. The van der Waals surface area contributed by atoms with Crippen LogP contribution in [-0.2, 0) is 11.2 Å². The number of imidazole rings is 1. The number of esters is 1. The first kappa shape index (κ1) is 19.2. The molecule has 25 heavy (non-hydrogen) atoms. The summed E-state index contributed by atoms with van der Waals surface area (Å²) in [6.45, 7) is 4.28. The van der Waals surface area contributed by atoms with Crippen LogP contribution in [0.25, 0.3) is 11.3 Å². The summed E-state index contributed by atoms with van der Waals surface area (Å²) in [5.74, 6) is 0.474. The molecule has 1 aromatic carbocycles. The van der Waals surface area contributed by atoms with Gasteiger partial charge in [0, 0.05) is 12.0 Å². The zero-order valence-electron chi connectivity index (χ0n) is 15.7. The van der Waals surface area contributed by atoms with Crippen molar-refractivity contribution in [3.63, 3.8) is 0 Å². The van der Waals surface area contributed by atoms with Crippen molar-refractivity contribution in [3.8, 4) is 11.3 Å². The number of aromatic nitrogens is 2.